The van der Waals surface area contributed by atoms with Gasteiger partial charge in [0.05, 0.1) is 23.9 Å². The topological polar surface area (TPSA) is 44.6 Å². The van der Waals surface area contributed by atoms with E-state index < -0.39 is 6.10 Å². The third-order valence-electron chi connectivity index (χ3n) is 4.88. The first-order chi connectivity index (χ1) is 12.2. The molecule has 1 aliphatic carbocycles. The molecule has 3 aliphatic rings. The van der Waals surface area contributed by atoms with Crippen molar-refractivity contribution in [3.63, 3.8) is 0 Å². The predicted molar refractivity (Wildman–Crippen MR) is 103 cm³/mol. The highest BCUT2D eigenvalue weighted by Gasteiger charge is 2.31. The molecule has 4 heteroatoms. The largest absolute Gasteiger partial charge is 0.386 e. The van der Waals surface area contributed by atoms with Crippen LogP contribution in [0.15, 0.2) is 76.9 Å². The van der Waals surface area contributed by atoms with E-state index in [1.54, 1.807) is 0 Å². The molecule has 0 saturated carbocycles. The minimum absolute atomic E-state index is 0.0583. The first-order valence-electron chi connectivity index (χ1n) is 8.73. The van der Waals surface area contributed by atoms with Crippen LogP contribution in [0.3, 0.4) is 0 Å². The number of rotatable bonds is 3. The minimum atomic E-state index is -0.588. The number of nitrogens with zero attached hydrogens (tertiary/aromatic N) is 1. The summed E-state index contributed by atoms with van der Waals surface area (Å²) in [5, 5.41) is 15.1. The molecule has 0 saturated heterocycles. The van der Waals surface area contributed by atoms with Gasteiger partial charge in [0.2, 0.25) is 0 Å². The maximum Gasteiger partial charge on any atom is 0.0982 e. The van der Waals surface area contributed by atoms with E-state index in [1.807, 2.05) is 30.3 Å². The van der Waals surface area contributed by atoms with Crippen molar-refractivity contribution in [3.05, 3.63) is 82.5 Å². The van der Waals surface area contributed by atoms with Crippen LogP contribution in [0.25, 0.3) is 0 Å². The predicted octanol–water partition coefficient (Wildman–Crippen LogP) is 3.60. The van der Waals surface area contributed by atoms with Crippen LogP contribution < -0.4 is 5.32 Å². The number of fused-ring (bicyclic) bond motifs is 1. The third-order valence-corrected chi connectivity index (χ3v) is 5.14. The van der Waals surface area contributed by atoms with Crippen LogP contribution in [0, 0.1) is 0 Å². The summed E-state index contributed by atoms with van der Waals surface area (Å²) in [5.41, 5.74) is 4.00. The second kappa shape index (κ2) is 7.12. The summed E-state index contributed by atoms with van der Waals surface area (Å²) >= 11 is 6.01. The number of dihydropyridines is 1. The summed E-state index contributed by atoms with van der Waals surface area (Å²) in [6, 6.07) is 7.72. The van der Waals surface area contributed by atoms with E-state index in [4.69, 9.17) is 16.6 Å². The fourth-order valence-corrected chi connectivity index (χ4v) is 3.68. The summed E-state index contributed by atoms with van der Waals surface area (Å²) in [5.74, 6) is 0. The van der Waals surface area contributed by atoms with Gasteiger partial charge in [-0.15, -0.1) is 0 Å². The average molecular weight is 353 g/mol. The van der Waals surface area contributed by atoms with Crippen molar-refractivity contribution in [2.24, 2.45) is 4.99 Å². The fourth-order valence-electron chi connectivity index (χ4n) is 3.55. The Morgan fingerprint density at radius 2 is 2.04 bits per heavy atom. The highest BCUT2D eigenvalue weighted by Crippen LogP contribution is 2.32. The van der Waals surface area contributed by atoms with Crippen molar-refractivity contribution < 1.29 is 5.11 Å². The summed E-state index contributed by atoms with van der Waals surface area (Å²) in [4.78, 5) is 4.91. The Hall–Kier alpha value is -1.94. The van der Waals surface area contributed by atoms with Crippen LogP contribution in [-0.2, 0) is 0 Å². The molecule has 128 valence electrons. The standard InChI is InChI=1S/C21H21ClN2O/c22-15-10-8-14(9-11-15)20-13-17(16-5-1-2-6-18(16)24-20)21(25)19-7-3-4-12-23-19/h1-3,5,7-11,13,18-19,21,23,25H,4,6,12H2/t18?,19?,21-/m1/s1. The van der Waals surface area contributed by atoms with Crippen molar-refractivity contribution in [2.75, 3.05) is 6.54 Å². The molecule has 2 N–H and O–H groups in total. The fraction of sp³-hybridized carbons (Fsp3) is 0.286. The maximum atomic E-state index is 11.0. The van der Waals surface area contributed by atoms with Crippen LogP contribution in [0.2, 0.25) is 5.02 Å². The highest BCUT2D eigenvalue weighted by atomic mass is 35.5. The van der Waals surface area contributed by atoms with Gasteiger partial charge in [-0.1, -0.05) is 54.1 Å². The van der Waals surface area contributed by atoms with E-state index in [2.05, 4.69) is 35.7 Å². The highest BCUT2D eigenvalue weighted by molar-refractivity contribution is 6.30. The molecule has 0 bridgehead atoms. The molecule has 25 heavy (non-hydrogen) atoms. The number of aliphatic hydroxyl groups excluding tert-OH is 1. The van der Waals surface area contributed by atoms with Crippen LogP contribution >= 0.6 is 11.6 Å². The van der Waals surface area contributed by atoms with E-state index in [0.29, 0.717) is 5.02 Å². The molecule has 0 fully saturated rings. The molecule has 3 nitrogen and oxygen atoms in total. The van der Waals surface area contributed by atoms with Crippen LogP contribution in [0.4, 0.5) is 0 Å². The van der Waals surface area contributed by atoms with Gasteiger partial charge in [0.1, 0.15) is 0 Å². The lowest BCUT2D eigenvalue weighted by atomic mass is 9.83. The molecule has 0 spiro atoms. The Kier molecular flexibility index (Phi) is 4.71. The van der Waals surface area contributed by atoms with E-state index in [1.165, 1.54) is 0 Å². The molecule has 0 amide bonds. The number of benzene rings is 1. The quantitative estimate of drug-likeness (QED) is 0.816. The first-order valence-corrected chi connectivity index (χ1v) is 9.11. The molecule has 1 aromatic rings. The zero-order valence-electron chi connectivity index (χ0n) is 13.9. The van der Waals surface area contributed by atoms with Gasteiger partial charge in [0.15, 0.2) is 0 Å². The number of allylic oxidation sites excluding steroid dienone is 3. The number of aliphatic hydroxyl groups is 1. The summed E-state index contributed by atoms with van der Waals surface area (Å²) in [7, 11) is 0. The van der Waals surface area contributed by atoms with Crippen molar-refractivity contribution in [1.82, 2.24) is 5.32 Å². The van der Waals surface area contributed by atoms with Crippen LogP contribution in [0.5, 0.6) is 0 Å². The second-order valence-electron chi connectivity index (χ2n) is 6.56. The zero-order valence-corrected chi connectivity index (χ0v) is 14.7. The SMILES string of the molecule is O[C@H](C1=CC(c2ccc(Cl)cc2)=NC2CC=CC=C12)C1C=CCCN1. The van der Waals surface area contributed by atoms with Crippen molar-refractivity contribution in [2.45, 2.75) is 31.0 Å². The maximum absolute atomic E-state index is 11.0. The number of nitrogens with one attached hydrogen (secondary N) is 1. The van der Waals surface area contributed by atoms with Crippen molar-refractivity contribution in [3.8, 4) is 0 Å². The van der Waals surface area contributed by atoms with E-state index >= 15 is 0 Å². The summed E-state index contributed by atoms with van der Waals surface area (Å²) in [6.07, 6.45) is 13.8. The molecular weight excluding hydrogens is 332 g/mol. The van der Waals surface area contributed by atoms with Gasteiger partial charge in [-0.25, -0.2) is 0 Å². The Bertz CT molecular complexity index is 802. The lowest BCUT2D eigenvalue weighted by molar-refractivity contribution is 0.179. The molecule has 1 aromatic carbocycles. The van der Waals surface area contributed by atoms with Gasteiger partial charge in [0, 0.05) is 5.02 Å². The molecule has 0 radical (unpaired) electrons. The third kappa shape index (κ3) is 3.40. The monoisotopic (exact) mass is 352 g/mol. The molecule has 3 atom stereocenters. The second-order valence-corrected chi connectivity index (χ2v) is 7.00. The molecule has 2 aliphatic heterocycles. The van der Waals surface area contributed by atoms with Gasteiger partial charge < -0.3 is 10.4 Å². The molecule has 2 heterocycles. The van der Waals surface area contributed by atoms with Gasteiger partial charge >= 0.3 is 0 Å². The minimum Gasteiger partial charge on any atom is -0.386 e. The van der Waals surface area contributed by atoms with Gasteiger partial charge in [-0.3, -0.25) is 4.99 Å². The normalized spacial score (nSPS) is 26.4. The number of halogens is 1. The number of hydrogen-bond acceptors (Lipinski definition) is 3. The van der Waals surface area contributed by atoms with Crippen LogP contribution in [-0.4, -0.2) is 35.6 Å². The van der Waals surface area contributed by atoms with Gasteiger partial charge in [0.25, 0.3) is 0 Å². The zero-order chi connectivity index (χ0) is 17.2. The molecule has 0 aromatic heterocycles. The Labute approximate surface area is 153 Å². The molecule has 2 unspecified atom stereocenters. The van der Waals surface area contributed by atoms with E-state index in [-0.39, 0.29) is 12.1 Å². The van der Waals surface area contributed by atoms with Crippen LogP contribution in [0.1, 0.15) is 18.4 Å². The Balaban J connectivity index is 1.72. The molecular formula is C21H21ClN2O. The smallest absolute Gasteiger partial charge is 0.0982 e. The lowest BCUT2D eigenvalue weighted by Crippen LogP contribution is -2.43. The summed E-state index contributed by atoms with van der Waals surface area (Å²) in [6.45, 7) is 0.895. The van der Waals surface area contributed by atoms with Gasteiger partial charge in [-0.2, -0.15) is 0 Å². The lowest BCUT2D eigenvalue weighted by Gasteiger charge is -2.32. The van der Waals surface area contributed by atoms with Crippen molar-refractivity contribution >= 4 is 17.3 Å². The van der Waals surface area contributed by atoms with E-state index in [0.717, 1.165) is 41.8 Å². The number of hydrogen-bond donors (Lipinski definition) is 2. The van der Waals surface area contributed by atoms with Gasteiger partial charge in [-0.05, 0) is 54.3 Å². The van der Waals surface area contributed by atoms with Crippen molar-refractivity contribution in [1.29, 1.82) is 0 Å². The molecule has 4 rings (SSSR count). The van der Waals surface area contributed by atoms with E-state index in [9.17, 15) is 5.11 Å². The summed E-state index contributed by atoms with van der Waals surface area (Å²) < 4.78 is 0. The Morgan fingerprint density at radius 1 is 1.20 bits per heavy atom. The Morgan fingerprint density at radius 3 is 2.80 bits per heavy atom. The average Bonchev–Trinajstić information content (AvgIpc) is 2.68. The first kappa shape index (κ1) is 16.5. The number of aliphatic imine (C=N–C) groups is 1.